The summed E-state index contributed by atoms with van der Waals surface area (Å²) in [5.41, 5.74) is 5.84. The third-order valence-electron chi connectivity index (χ3n) is 3.77. The van der Waals surface area contributed by atoms with Crippen molar-refractivity contribution < 1.29 is 9.72 Å². The quantitative estimate of drug-likeness (QED) is 0.641. The number of hydrogen-bond donors (Lipinski definition) is 2. The number of hydrogen-bond acceptors (Lipinski definition) is 4. The second-order valence-corrected chi connectivity index (χ2v) is 4.95. The van der Waals surface area contributed by atoms with E-state index in [4.69, 9.17) is 5.73 Å². The number of amides is 1. The molecule has 1 aliphatic rings. The van der Waals surface area contributed by atoms with Gasteiger partial charge in [-0.2, -0.15) is 0 Å². The van der Waals surface area contributed by atoms with Gasteiger partial charge in [-0.3, -0.25) is 14.9 Å². The highest BCUT2D eigenvalue weighted by Crippen LogP contribution is 2.38. The highest BCUT2D eigenvalue weighted by molar-refractivity contribution is 5.95. The number of nitro benzene ring substituents is 1. The first-order valence-electron chi connectivity index (χ1n) is 6.33. The van der Waals surface area contributed by atoms with Crippen LogP contribution in [0.4, 0.5) is 11.4 Å². The van der Waals surface area contributed by atoms with Crippen molar-refractivity contribution >= 4 is 17.3 Å². The van der Waals surface area contributed by atoms with Gasteiger partial charge in [0, 0.05) is 24.4 Å². The standard InChI is InChI=1S/C13H17N3O3/c14-9-13(7-1-2-8-13)12(17)15-10-3-5-11(6-4-10)16(18)19/h3-6H,1-2,7-9,14H2,(H,15,17). The Bertz CT molecular complexity index is 478. The van der Waals surface area contributed by atoms with Crippen molar-refractivity contribution in [2.75, 3.05) is 11.9 Å². The summed E-state index contributed by atoms with van der Waals surface area (Å²) in [6, 6.07) is 5.82. The number of benzene rings is 1. The highest BCUT2D eigenvalue weighted by atomic mass is 16.6. The second-order valence-electron chi connectivity index (χ2n) is 4.95. The molecule has 6 heteroatoms. The molecule has 0 bridgehead atoms. The topological polar surface area (TPSA) is 98.3 Å². The average molecular weight is 263 g/mol. The van der Waals surface area contributed by atoms with Crippen LogP contribution in [0.1, 0.15) is 25.7 Å². The van der Waals surface area contributed by atoms with Crippen LogP contribution in [0, 0.1) is 15.5 Å². The normalized spacial score (nSPS) is 17.1. The molecule has 6 nitrogen and oxygen atoms in total. The molecule has 3 N–H and O–H groups in total. The minimum atomic E-state index is -0.470. The van der Waals surface area contributed by atoms with Gasteiger partial charge in [-0.05, 0) is 25.0 Å². The Balaban J connectivity index is 2.08. The first-order chi connectivity index (χ1) is 9.07. The van der Waals surface area contributed by atoms with Crippen LogP contribution in [-0.4, -0.2) is 17.4 Å². The molecule has 102 valence electrons. The Morgan fingerprint density at radius 3 is 2.37 bits per heavy atom. The van der Waals surface area contributed by atoms with E-state index in [-0.39, 0.29) is 11.6 Å². The molecule has 1 amide bonds. The predicted octanol–water partition coefficient (Wildman–Crippen LogP) is 2.05. The molecule has 1 aromatic carbocycles. The third-order valence-corrected chi connectivity index (χ3v) is 3.77. The van der Waals surface area contributed by atoms with Crippen molar-refractivity contribution in [3.8, 4) is 0 Å². The van der Waals surface area contributed by atoms with E-state index in [0.29, 0.717) is 12.2 Å². The van der Waals surface area contributed by atoms with Gasteiger partial charge in [0.25, 0.3) is 5.69 Å². The van der Waals surface area contributed by atoms with Gasteiger partial charge < -0.3 is 11.1 Å². The summed E-state index contributed by atoms with van der Waals surface area (Å²) in [6.45, 7) is 0.339. The fraction of sp³-hybridized carbons (Fsp3) is 0.462. The lowest BCUT2D eigenvalue weighted by atomic mass is 9.85. The Morgan fingerprint density at radius 2 is 1.89 bits per heavy atom. The van der Waals surface area contributed by atoms with Crippen molar-refractivity contribution in [2.24, 2.45) is 11.1 Å². The first kappa shape index (κ1) is 13.5. The van der Waals surface area contributed by atoms with Crippen LogP contribution in [0.5, 0.6) is 0 Å². The monoisotopic (exact) mass is 263 g/mol. The van der Waals surface area contributed by atoms with Gasteiger partial charge in [0.1, 0.15) is 0 Å². The fourth-order valence-corrected chi connectivity index (χ4v) is 2.51. The fourth-order valence-electron chi connectivity index (χ4n) is 2.51. The van der Waals surface area contributed by atoms with Crippen LogP contribution in [0.25, 0.3) is 0 Å². The lowest BCUT2D eigenvalue weighted by molar-refractivity contribution is -0.384. The minimum Gasteiger partial charge on any atom is -0.329 e. The summed E-state index contributed by atoms with van der Waals surface area (Å²) in [5, 5.41) is 13.3. The Hall–Kier alpha value is -1.95. The first-order valence-corrected chi connectivity index (χ1v) is 6.33. The molecule has 0 saturated heterocycles. The number of anilines is 1. The van der Waals surface area contributed by atoms with Crippen molar-refractivity contribution in [2.45, 2.75) is 25.7 Å². The molecule has 1 fully saturated rings. The van der Waals surface area contributed by atoms with Gasteiger partial charge in [0.05, 0.1) is 10.3 Å². The Labute approximate surface area is 111 Å². The van der Waals surface area contributed by atoms with Crippen molar-refractivity contribution in [3.63, 3.8) is 0 Å². The second kappa shape index (κ2) is 5.36. The van der Waals surface area contributed by atoms with E-state index in [1.54, 1.807) is 0 Å². The van der Waals surface area contributed by atoms with Crippen LogP contribution in [-0.2, 0) is 4.79 Å². The maximum absolute atomic E-state index is 12.3. The van der Waals surface area contributed by atoms with Crippen molar-refractivity contribution in [3.05, 3.63) is 34.4 Å². The maximum atomic E-state index is 12.3. The van der Waals surface area contributed by atoms with E-state index < -0.39 is 10.3 Å². The molecule has 2 rings (SSSR count). The number of carbonyl (C=O) groups excluding carboxylic acids is 1. The molecule has 0 atom stereocenters. The molecule has 0 aromatic heterocycles. The summed E-state index contributed by atoms with van der Waals surface area (Å²) in [5.74, 6) is -0.0821. The molecule has 1 aliphatic carbocycles. The molecule has 0 spiro atoms. The highest BCUT2D eigenvalue weighted by Gasteiger charge is 2.39. The zero-order valence-electron chi connectivity index (χ0n) is 10.6. The number of nitrogens with two attached hydrogens (primary N) is 1. The predicted molar refractivity (Wildman–Crippen MR) is 71.7 cm³/mol. The smallest absolute Gasteiger partial charge is 0.269 e. The van der Waals surface area contributed by atoms with Crippen molar-refractivity contribution in [1.82, 2.24) is 0 Å². The van der Waals surface area contributed by atoms with Gasteiger partial charge >= 0.3 is 0 Å². The van der Waals surface area contributed by atoms with E-state index in [2.05, 4.69) is 5.32 Å². The van der Waals surface area contributed by atoms with Crippen molar-refractivity contribution in [1.29, 1.82) is 0 Å². The maximum Gasteiger partial charge on any atom is 0.269 e. The molecular formula is C13H17N3O3. The van der Waals surface area contributed by atoms with Gasteiger partial charge in [-0.15, -0.1) is 0 Å². The van der Waals surface area contributed by atoms with Crippen LogP contribution >= 0.6 is 0 Å². The zero-order valence-corrected chi connectivity index (χ0v) is 10.6. The molecule has 0 radical (unpaired) electrons. The lowest BCUT2D eigenvalue weighted by Crippen LogP contribution is -2.40. The molecule has 1 saturated carbocycles. The summed E-state index contributed by atoms with van der Waals surface area (Å²) < 4.78 is 0. The molecule has 0 heterocycles. The SMILES string of the molecule is NCC1(C(=O)Nc2ccc([N+](=O)[O-])cc2)CCCC1. The molecule has 19 heavy (non-hydrogen) atoms. The Morgan fingerprint density at radius 1 is 1.32 bits per heavy atom. The number of nitrogens with zero attached hydrogens (tertiary/aromatic N) is 1. The lowest BCUT2D eigenvalue weighted by Gasteiger charge is -2.25. The number of nitrogens with one attached hydrogen (secondary N) is 1. The van der Waals surface area contributed by atoms with Crippen LogP contribution in [0.3, 0.4) is 0 Å². The van der Waals surface area contributed by atoms with Gasteiger partial charge in [0.2, 0.25) is 5.91 Å². The molecule has 0 aliphatic heterocycles. The summed E-state index contributed by atoms with van der Waals surface area (Å²) >= 11 is 0. The number of non-ortho nitro benzene ring substituents is 1. The third kappa shape index (κ3) is 2.73. The zero-order chi connectivity index (χ0) is 13.9. The molecule has 1 aromatic rings. The summed E-state index contributed by atoms with van der Waals surface area (Å²) in [7, 11) is 0. The van der Waals surface area contributed by atoms with E-state index in [0.717, 1.165) is 25.7 Å². The number of carbonyl (C=O) groups is 1. The van der Waals surface area contributed by atoms with Crippen LogP contribution < -0.4 is 11.1 Å². The minimum absolute atomic E-state index is 0.00686. The van der Waals surface area contributed by atoms with Crippen LogP contribution in [0.2, 0.25) is 0 Å². The number of nitro groups is 1. The molecule has 0 unspecified atom stereocenters. The summed E-state index contributed by atoms with van der Waals surface area (Å²) in [6.07, 6.45) is 3.65. The largest absolute Gasteiger partial charge is 0.329 e. The Kier molecular flexibility index (Phi) is 3.80. The average Bonchev–Trinajstić information content (AvgIpc) is 2.89. The summed E-state index contributed by atoms with van der Waals surface area (Å²) in [4.78, 5) is 22.3. The van der Waals surface area contributed by atoms with E-state index in [1.165, 1.54) is 24.3 Å². The van der Waals surface area contributed by atoms with E-state index in [9.17, 15) is 14.9 Å². The van der Waals surface area contributed by atoms with Gasteiger partial charge in [0.15, 0.2) is 0 Å². The number of rotatable bonds is 4. The van der Waals surface area contributed by atoms with Gasteiger partial charge in [-0.25, -0.2) is 0 Å². The van der Waals surface area contributed by atoms with Gasteiger partial charge in [-0.1, -0.05) is 12.8 Å². The van der Waals surface area contributed by atoms with E-state index >= 15 is 0 Å². The van der Waals surface area contributed by atoms with E-state index in [1.807, 2.05) is 0 Å². The van der Waals surface area contributed by atoms with Crippen LogP contribution in [0.15, 0.2) is 24.3 Å². The molecular weight excluding hydrogens is 246 g/mol.